The van der Waals surface area contributed by atoms with Crippen LogP contribution in [0, 0.1) is 0 Å². The normalized spacial score (nSPS) is 13.1. The Morgan fingerprint density at radius 2 is 1.63 bits per heavy atom. The number of carbonyl (C=O) groups is 2. The molecular formula is C20H18N4O3. The van der Waals surface area contributed by atoms with Gasteiger partial charge in [-0.1, -0.05) is 60.7 Å². The molecule has 0 spiro atoms. The van der Waals surface area contributed by atoms with Gasteiger partial charge in [-0.05, 0) is 5.56 Å². The second-order valence-electron chi connectivity index (χ2n) is 6.25. The summed E-state index contributed by atoms with van der Waals surface area (Å²) in [5.41, 5.74) is 1.50. The Morgan fingerprint density at radius 3 is 2.37 bits per heavy atom. The van der Waals surface area contributed by atoms with Crippen molar-refractivity contribution in [3.8, 4) is 0 Å². The van der Waals surface area contributed by atoms with Crippen molar-refractivity contribution in [1.29, 1.82) is 0 Å². The summed E-state index contributed by atoms with van der Waals surface area (Å²) < 4.78 is 7.14. The first kappa shape index (κ1) is 17.0. The Bertz CT molecular complexity index is 954. The highest BCUT2D eigenvalue weighted by Gasteiger charge is 2.28. The van der Waals surface area contributed by atoms with E-state index in [0.717, 1.165) is 5.56 Å². The lowest BCUT2D eigenvalue weighted by atomic mass is 10.1. The van der Waals surface area contributed by atoms with Crippen LogP contribution in [-0.2, 0) is 24.4 Å². The molecule has 27 heavy (non-hydrogen) atoms. The fraction of sp³-hybridized carbons (Fsp3) is 0.200. The fourth-order valence-electron chi connectivity index (χ4n) is 3.01. The van der Waals surface area contributed by atoms with Crippen LogP contribution in [-0.4, -0.2) is 38.1 Å². The van der Waals surface area contributed by atoms with Crippen LogP contribution < -0.4 is 0 Å². The molecule has 4 rings (SSSR count). The van der Waals surface area contributed by atoms with Crippen LogP contribution in [0.2, 0.25) is 0 Å². The predicted octanol–water partition coefficient (Wildman–Crippen LogP) is 2.66. The first-order valence-electron chi connectivity index (χ1n) is 8.70. The van der Waals surface area contributed by atoms with Gasteiger partial charge in [0.15, 0.2) is 5.82 Å². The van der Waals surface area contributed by atoms with Gasteiger partial charge in [-0.3, -0.25) is 9.69 Å². The molecule has 1 aromatic heterocycles. The maximum Gasteiger partial charge on any atom is 0.410 e. The summed E-state index contributed by atoms with van der Waals surface area (Å²) in [4.78, 5) is 26.5. The van der Waals surface area contributed by atoms with Crippen molar-refractivity contribution in [3.05, 3.63) is 83.4 Å². The smallest absolute Gasteiger partial charge is 0.410 e. The third-order valence-corrected chi connectivity index (χ3v) is 4.46. The van der Waals surface area contributed by atoms with Gasteiger partial charge in [0, 0.05) is 18.7 Å². The molecule has 2 aromatic carbocycles. The van der Waals surface area contributed by atoms with Gasteiger partial charge in [-0.15, -0.1) is 10.2 Å². The summed E-state index contributed by atoms with van der Waals surface area (Å²) in [7, 11) is 0. The van der Waals surface area contributed by atoms with Crippen molar-refractivity contribution in [3.63, 3.8) is 0 Å². The maximum absolute atomic E-state index is 12.6. The molecule has 7 heteroatoms. The van der Waals surface area contributed by atoms with Crippen molar-refractivity contribution in [2.45, 2.75) is 19.7 Å². The van der Waals surface area contributed by atoms with Crippen molar-refractivity contribution in [2.24, 2.45) is 0 Å². The molecule has 136 valence electrons. The average Bonchev–Trinajstić information content (AvgIpc) is 3.16. The lowest BCUT2D eigenvalue weighted by Gasteiger charge is -2.27. The number of hydrogen-bond acceptors (Lipinski definition) is 5. The van der Waals surface area contributed by atoms with E-state index in [0.29, 0.717) is 30.3 Å². The summed E-state index contributed by atoms with van der Waals surface area (Å²) >= 11 is 0. The minimum Gasteiger partial charge on any atom is -0.445 e. The van der Waals surface area contributed by atoms with Crippen LogP contribution in [0.5, 0.6) is 0 Å². The number of nitrogens with zero attached hydrogens (tertiary/aromatic N) is 4. The van der Waals surface area contributed by atoms with Gasteiger partial charge >= 0.3 is 6.09 Å². The third kappa shape index (κ3) is 3.57. The quantitative estimate of drug-likeness (QED) is 0.667. The van der Waals surface area contributed by atoms with Crippen LogP contribution in [0.25, 0.3) is 0 Å². The Hall–Kier alpha value is -3.48. The molecule has 3 aromatic rings. The Morgan fingerprint density at radius 1 is 0.926 bits per heavy atom. The molecule has 0 N–H and O–H groups in total. The Balaban J connectivity index is 1.43. The number of rotatable bonds is 4. The first-order valence-corrected chi connectivity index (χ1v) is 8.70. The van der Waals surface area contributed by atoms with E-state index in [1.807, 2.05) is 48.5 Å². The van der Waals surface area contributed by atoms with Crippen LogP contribution >= 0.6 is 0 Å². The summed E-state index contributed by atoms with van der Waals surface area (Å²) in [5.74, 6) is 0.708. The van der Waals surface area contributed by atoms with Gasteiger partial charge < -0.3 is 9.30 Å². The fourth-order valence-corrected chi connectivity index (χ4v) is 3.01. The van der Waals surface area contributed by atoms with Crippen LogP contribution in [0.4, 0.5) is 4.79 Å². The highest BCUT2D eigenvalue weighted by atomic mass is 16.6. The molecule has 2 heterocycles. The van der Waals surface area contributed by atoms with Crippen LogP contribution in [0.1, 0.15) is 27.6 Å². The van der Waals surface area contributed by atoms with E-state index in [-0.39, 0.29) is 18.9 Å². The van der Waals surface area contributed by atoms with E-state index in [2.05, 4.69) is 10.2 Å². The van der Waals surface area contributed by atoms with Crippen molar-refractivity contribution < 1.29 is 14.3 Å². The predicted molar refractivity (Wildman–Crippen MR) is 96.9 cm³/mol. The second kappa shape index (κ2) is 7.41. The number of ketones is 1. The second-order valence-corrected chi connectivity index (χ2v) is 6.25. The minimum atomic E-state index is -0.399. The molecule has 0 fully saturated rings. The van der Waals surface area contributed by atoms with Gasteiger partial charge in [-0.25, -0.2) is 4.79 Å². The lowest BCUT2D eigenvalue weighted by molar-refractivity contribution is 0.0856. The minimum absolute atomic E-state index is 0.172. The summed E-state index contributed by atoms with van der Waals surface area (Å²) in [6.45, 7) is 1.38. The molecule has 7 nitrogen and oxygen atoms in total. The van der Waals surface area contributed by atoms with Gasteiger partial charge in [0.1, 0.15) is 6.61 Å². The van der Waals surface area contributed by atoms with E-state index in [1.54, 1.807) is 21.6 Å². The molecule has 0 aliphatic carbocycles. The number of hydrogen-bond donors (Lipinski definition) is 0. The average molecular weight is 362 g/mol. The molecule has 1 aliphatic heterocycles. The zero-order valence-electron chi connectivity index (χ0n) is 14.6. The van der Waals surface area contributed by atoms with E-state index >= 15 is 0 Å². The van der Waals surface area contributed by atoms with Crippen molar-refractivity contribution in [2.75, 3.05) is 6.54 Å². The highest BCUT2D eigenvalue weighted by molar-refractivity contribution is 6.06. The number of amides is 1. The third-order valence-electron chi connectivity index (χ3n) is 4.46. The summed E-state index contributed by atoms with van der Waals surface area (Å²) in [5, 5.41) is 8.14. The topological polar surface area (TPSA) is 77.3 Å². The molecule has 0 saturated heterocycles. The monoisotopic (exact) mass is 362 g/mol. The summed E-state index contributed by atoms with van der Waals surface area (Å²) in [6, 6.07) is 18.5. The Kier molecular flexibility index (Phi) is 4.65. The zero-order chi connectivity index (χ0) is 18.6. The van der Waals surface area contributed by atoms with Gasteiger partial charge in [0.2, 0.25) is 11.6 Å². The number of benzene rings is 2. The van der Waals surface area contributed by atoms with Gasteiger partial charge in [-0.2, -0.15) is 0 Å². The molecule has 0 bridgehead atoms. The largest absolute Gasteiger partial charge is 0.445 e. The number of ether oxygens (including phenoxy) is 1. The number of carbonyl (C=O) groups excluding carboxylic acids is 2. The molecule has 0 saturated carbocycles. The molecule has 1 aliphatic rings. The first-order chi connectivity index (χ1) is 13.2. The maximum atomic E-state index is 12.6. The van der Waals surface area contributed by atoms with E-state index in [4.69, 9.17) is 4.74 Å². The van der Waals surface area contributed by atoms with E-state index < -0.39 is 6.09 Å². The van der Waals surface area contributed by atoms with Crippen molar-refractivity contribution >= 4 is 11.9 Å². The SMILES string of the molecule is O=C(c1ccccc1)c1nnc2n1CCN(C(=O)OCc1ccccc1)C2. The van der Waals surface area contributed by atoms with Gasteiger partial charge in [0.25, 0.3) is 0 Å². The molecule has 0 radical (unpaired) electrons. The van der Waals surface area contributed by atoms with Crippen molar-refractivity contribution in [1.82, 2.24) is 19.7 Å². The van der Waals surface area contributed by atoms with Crippen LogP contribution in [0.15, 0.2) is 60.7 Å². The summed E-state index contributed by atoms with van der Waals surface area (Å²) in [6.07, 6.45) is -0.399. The molecule has 0 atom stereocenters. The number of aromatic nitrogens is 3. The van der Waals surface area contributed by atoms with Gasteiger partial charge in [0.05, 0.1) is 6.54 Å². The highest BCUT2D eigenvalue weighted by Crippen LogP contribution is 2.16. The lowest BCUT2D eigenvalue weighted by Crippen LogP contribution is -2.39. The molecular weight excluding hydrogens is 344 g/mol. The molecule has 0 unspecified atom stereocenters. The molecule has 1 amide bonds. The number of fused-ring (bicyclic) bond motifs is 1. The zero-order valence-corrected chi connectivity index (χ0v) is 14.6. The van der Waals surface area contributed by atoms with Crippen LogP contribution in [0.3, 0.4) is 0 Å². The standard InChI is InChI=1S/C20H18N4O3/c25-18(16-9-5-2-6-10-16)19-22-21-17-13-23(11-12-24(17)19)20(26)27-14-15-7-3-1-4-8-15/h1-10H,11-14H2. The Labute approximate surface area is 156 Å². The van der Waals surface area contributed by atoms with E-state index in [1.165, 1.54) is 0 Å². The van der Waals surface area contributed by atoms with E-state index in [9.17, 15) is 9.59 Å².